The highest BCUT2D eigenvalue weighted by Gasteiger charge is 2.12. The van der Waals surface area contributed by atoms with Gasteiger partial charge in [-0.1, -0.05) is 22.9 Å². The van der Waals surface area contributed by atoms with Gasteiger partial charge in [0.1, 0.15) is 4.90 Å². The van der Waals surface area contributed by atoms with Crippen molar-refractivity contribution in [1.82, 2.24) is 9.71 Å². The lowest BCUT2D eigenvalue weighted by Crippen LogP contribution is -2.25. The number of nitrogens with zero attached hydrogens (tertiary/aromatic N) is 1. The molecule has 1 atom stereocenters. The number of sulfonamides is 1. The van der Waals surface area contributed by atoms with Gasteiger partial charge in [-0.2, -0.15) is 0 Å². The molecule has 0 aliphatic carbocycles. The third-order valence-electron chi connectivity index (χ3n) is 2.02. The first-order valence-electron chi connectivity index (χ1n) is 5.06. The number of alkyl halides is 1. The molecule has 0 saturated heterocycles. The number of pyridine rings is 1. The molecule has 4 nitrogen and oxygen atoms in total. The van der Waals surface area contributed by atoms with Gasteiger partial charge in [-0.15, -0.1) is 0 Å². The van der Waals surface area contributed by atoms with Crippen molar-refractivity contribution in [2.45, 2.75) is 29.5 Å². The molecular weight excluding hydrogens is 292 g/mol. The van der Waals surface area contributed by atoms with E-state index in [4.69, 9.17) is 0 Å². The molecule has 6 heteroatoms. The fourth-order valence-electron chi connectivity index (χ4n) is 1.18. The lowest BCUT2D eigenvalue weighted by atomic mass is 10.2. The Bertz CT molecular complexity index is 406. The van der Waals surface area contributed by atoms with E-state index in [9.17, 15) is 8.42 Å². The number of nitrogens with one attached hydrogen (secondary N) is 1. The number of halogens is 1. The molecular formula is C10H15BrN2O2S. The molecule has 1 N–H and O–H groups in total. The third-order valence-corrected chi connectivity index (χ3v) is 3.92. The highest BCUT2D eigenvalue weighted by molar-refractivity contribution is 9.09. The predicted molar refractivity (Wildman–Crippen MR) is 67.0 cm³/mol. The van der Waals surface area contributed by atoms with Crippen molar-refractivity contribution in [2.75, 3.05) is 6.54 Å². The Balaban J connectivity index is 2.48. The fraction of sp³-hybridized carbons (Fsp3) is 0.500. The van der Waals surface area contributed by atoms with Gasteiger partial charge >= 0.3 is 0 Å². The molecule has 0 aliphatic heterocycles. The van der Waals surface area contributed by atoms with Gasteiger partial charge < -0.3 is 0 Å². The van der Waals surface area contributed by atoms with Crippen molar-refractivity contribution in [1.29, 1.82) is 0 Å². The minimum Gasteiger partial charge on any atom is -0.263 e. The molecule has 1 unspecified atom stereocenters. The van der Waals surface area contributed by atoms with Crippen molar-refractivity contribution in [3.63, 3.8) is 0 Å². The van der Waals surface area contributed by atoms with E-state index >= 15 is 0 Å². The Morgan fingerprint density at radius 1 is 1.56 bits per heavy atom. The molecule has 0 aromatic carbocycles. The van der Waals surface area contributed by atoms with Gasteiger partial charge in [0.15, 0.2) is 0 Å². The zero-order chi connectivity index (χ0) is 12.0. The molecule has 1 rings (SSSR count). The SMILES string of the molecule is CC(Br)CCCNS(=O)(=O)c1cccnc1. The number of hydrogen-bond acceptors (Lipinski definition) is 3. The van der Waals surface area contributed by atoms with Crippen LogP contribution in [-0.2, 0) is 10.0 Å². The van der Waals surface area contributed by atoms with Gasteiger partial charge in [0.2, 0.25) is 10.0 Å². The zero-order valence-electron chi connectivity index (χ0n) is 9.06. The predicted octanol–water partition coefficient (Wildman–Crippen LogP) is 1.92. The molecule has 0 saturated carbocycles. The van der Waals surface area contributed by atoms with Crippen LogP contribution in [0.2, 0.25) is 0 Å². The van der Waals surface area contributed by atoms with Gasteiger partial charge in [-0.25, -0.2) is 13.1 Å². The van der Waals surface area contributed by atoms with Crippen LogP contribution in [0.15, 0.2) is 29.4 Å². The summed E-state index contributed by atoms with van der Waals surface area (Å²) in [6, 6.07) is 3.14. The van der Waals surface area contributed by atoms with Gasteiger partial charge in [-0.05, 0) is 25.0 Å². The van der Waals surface area contributed by atoms with Crippen LogP contribution >= 0.6 is 15.9 Å². The number of rotatable bonds is 6. The van der Waals surface area contributed by atoms with Crippen LogP contribution in [0.5, 0.6) is 0 Å². The Labute approximate surface area is 105 Å². The van der Waals surface area contributed by atoms with E-state index < -0.39 is 10.0 Å². The summed E-state index contributed by atoms with van der Waals surface area (Å²) in [5.74, 6) is 0. The quantitative estimate of drug-likeness (QED) is 0.645. The number of hydrogen-bond donors (Lipinski definition) is 1. The van der Waals surface area contributed by atoms with E-state index in [1.54, 1.807) is 12.3 Å². The van der Waals surface area contributed by atoms with E-state index in [1.807, 2.05) is 6.92 Å². The Morgan fingerprint density at radius 3 is 2.88 bits per heavy atom. The Hall–Kier alpha value is -0.460. The average Bonchev–Trinajstić information content (AvgIpc) is 2.26. The maximum Gasteiger partial charge on any atom is 0.242 e. The van der Waals surface area contributed by atoms with Crippen LogP contribution in [0, 0.1) is 0 Å². The maximum absolute atomic E-state index is 11.7. The van der Waals surface area contributed by atoms with E-state index in [2.05, 4.69) is 25.6 Å². The molecule has 1 aromatic rings. The van der Waals surface area contributed by atoms with Crippen LogP contribution < -0.4 is 4.72 Å². The largest absolute Gasteiger partial charge is 0.263 e. The second kappa shape index (κ2) is 6.32. The lowest BCUT2D eigenvalue weighted by Gasteiger charge is -2.06. The summed E-state index contributed by atoms with van der Waals surface area (Å²) in [6.07, 6.45) is 4.64. The van der Waals surface area contributed by atoms with Gasteiger partial charge in [0, 0.05) is 23.8 Å². The second-order valence-electron chi connectivity index (χ2n) is 3.51. The molecule has 1 aromatic heterocycles. The first kappa shape index (κ1) is 13.6. The van der Waals surface area contributed by atoms with Crippen LogP contribution in [0.1, 0.15) is 19.8 Å². The first-order valence-corrected chi connectivity index (χ1v) is 7.46. The van der Waals surface area contributed by atoms with Crippen molar-refractivity contribution in [3.05, 3.63) is 24.5 Å². The summed E-state index contributed by atoms with van der Waals surface area (Å²) in [5.41, 5.74) is 0. The van der Waals surface area contributed by atoms with Crippen molar-refractivity contribution in [2.24, 2.45) is 0 Å². The lowest BCUT2D eigenvalue weighted by molar-refractivity contribution is 0.576. The minimum absolute atomic E-state index is 0.210. The molecule has 16 heavy (non-hydrogen) atoms. The maximum atomic E-state index is 11.7. The van der Waals surface area contributed by atoms with Crippen molar-refractivity contribution >= 4 is 26.0 Å². The number of aromatic nitrogens is 1. The van der Waals surface area contributed by atoms with Gasteiger partial charge in [0.25, 0.3) is 0 Å². The summed E-state index contributed by atoms with van der Waals surface area (Å²) < 4.78 is 26.0. The Kier molecular flexibility index (Phi) is 5.37. The average molecular weight is 307 g/mol. The van der Waals surface area contributed by atoms with Gasteiger partial charge in [-0.3, -0.25) is 4.98 Å². The monoisotopic (exact) mass is 306 g/mol. The van der Waals surface area contributed by atoms with Gasteiger partial charge in [0.05, 0.1) is 0 Å². The summed E-state index contributed by atoms with van der Waals surface area (Å²) in [5, 5.41) is 0. The van der Waals surface area contributed by atoms with E-state index in [-0.39, 0.29) is 4.90 Å². The van der Waals surface area contributed by atoms with Crippen LogP contribution in [0.4, 0.5) is 0 Å². The normalized spacial score (nSPS) is 13.6. The van der Waals surface area contributed by atoms with E-state index in [1.165, 1.54) is 12.3 Å². The van der Waals surface area contributed by atoms with Crippen LogP contribution in [0.25, 0.3) is 0 Å². The molecule has 0 fully saturated rings. The van der Waals surface area contributed by atoms with Crippen LogP contribution in [0.3, 0.4) is 0 Å². The minimum atomic E-state index is -3.39. The summed E-state index contributed by atoms with van der Waals surface area (Å²) >= 11 is 3.41. The molecule has 0 amide bonds. The van der Waals surface area contributed by atoms with Crippen molar-refractivity contribution in [3.8, 4) is 0 Å². The van der Waals surface area contributed by atoms with Crippen molar-refractivity contribution < 1.29 is 8.42 Å². The second-order valence-corrected chi connectivity index (χ2v) is 6.84. The summed E-state index contributed by atoms with van der Waals surface area (Å²) in [4.78, 5) is 4.40. The molecule has 0 bridgehead atoms. The highest BCUT2D eigenvalue weighted by atomic mass is 79.9. The topological polar surface area (TPSA) is 59.1 Å². The zero-order valence-corrected chi connectivity index (χ0v) is 11.5. The molecule has 0 aliphatic rings. The van der Waals surface area contributed by atoms with E-state index in [0.29, 0.717) is 11.4 Å². The summed E-state index contributed by atoms with van der Waals surface area (Å²) in [7, 11) is -3.39. The third kappa shape index (κ3) is 4.59. The highest BCUT2D eigenvalue weighted by Crippen LogP contribution is 2.08. The smallest absolute Gasteiger partial charge is 0.242 e. The molecule has 0 radical (unpaired) electrons. The molecule has 1 heterocycles. The Morgan fingerprint density at radius 2 is 2.31 bits per heavy atom. The van der Waals surface area contributed by atoms with Crippen LogP contribution in [-0.4, -0.2) is 24.8 Å². The van der Waals surface area contributed by atoms with E-state index in [0.717, 1.165) is 12.8 Å². The first-order chi connectivity index (χ1) is 7.52. The fourth-order valence-corrected chi connectivity index (χ4v) is 2.54. The molecule has 0 spiro atoms. The summed E-state index contributed by atoms with van der Waals surface area (Å²) in [6.45, 7) is 2.49. The molecule has 90 valence electrons. The standard InChI is InChI=1S/C10H15BrN2O2S/c1-9(11)4-2-7-13-16(14,15)10-5-3-6-12-8-10/h3,5-6,8-9,13H,2,4,7H2,1H3.